The van der Waals surface area contributed by atoms with Crippen molar-refractivity contribution in [3.05, 3.63) is 65.5 Å². The van der Waals surface area contributed by atoms with E-state index in [1.807, 2.05) is 53.1 Å². The third-order valence-corrected chi connectivity index (χ3v) is 4.14. The maximum Gasteiger partial charge on any atom is 0.183 e. The maximum absolute atomic E-state index is 5.37. The van der Waals surface area contributed by atoms with Gasteiger partial charge in [-0.2, -0.15) is 5.10 Å². The van der Waals surface area contributed by atoms with Crippen LogP contribution in [0.5, 0.6) is 0 Å². The second kappa shape index (κ2) is 6.29. The summed E-state index contributed by atoms with van der Waals surface area (Å²) < 4.78 is 6.80. The van der Waals surface area contributed by atoms with Crippen molar-refractivity contribution in [1.29, 1.82) is 0 Å². The molecule has 0 bridgehead atoms. The highest BCUT2D eigenvalue weighted by molar-refractivity contribution is 7.71. The molecule has 5 nitrogen and oxygen atoms in total. The van der Waals surface area contributed by atoms with E-state index in [-0.39, 0.29) is 0 Å². The van der Waals surface area contributed by atoms with Gasteiger partial charge in [-0.25, -0.2) is 4.68 Å². The average molecular weight is 314 g/mol. The van der Waals surface area contributed by atoms with Crippen LogP contribution in [0.3, 0.4) is 0 Å². The highest BCUT2D eigenvalue weighted by atomic mass is 32.1. The van der Waals surface area contributed by atoms with Crippen molar-refractivity contribution in [2.75, 3.05) is 7.05 Å². The molecule has 3 rings (SSSR count). The molecule has 2 heterocycles. The van der Waals surface area contributed by atoms with Gasteiger partial charge in [0.2, 0.25) is 0 Å². The Morgan fingerprint density at radius 1 is 1.18 bits per heavy atom. The van der Waals surface area contributed by atoms with Crippen LogP contribution in [0.1, 0.15) is 5.56 Å². The van der Waals surface area contributed by atoms with Gasteiger partial charge in [-0.15, -0.1) is 0 Å². The molecule has 0 aliphatic carbocycles. The van der Waals surface area contributed by atoms with Crippen molar-refractivity contribution in [3.63, 3.8) is 0 Å². The lowest BCUT2D eigenvalue weighted by Gasteiger charge is -2.13. The summed E-state index contributed by atoms with van der Waals surface area (Å²) in [4.78, 5) is 1.36. The normalized spacial score (nSPS) is 12.5. The fraction of sp³-hybridized carbons (Fsp3) is 0.250. The predicted molar refractivity (Wildman–Crippen MR) is 88.4 cm³/mol. The van der Waals surface area contributed by atoms with Gasteiger partial charge in [-0.3, -0.25) is 4.57 Å². The highest BCUT2D eigenvalue weighted by Gasteiger charge is 2.08. The van der Waals surface area contributed by atoms with Crippen LogP contribution in [0.25, 0.3) is 5.69 Å². The lowest BCUT2D eigenvalue weighted by molar-refractivity contribution is -0.917. The van der Waals surface area contributed by atoms with Crippen molar-refractivity contribution in [1.82, 2.24) is 18.9 Å². The Labute approximate surface area is 135 Å². The molecule has 0 spiro atoms. The Hall–Kier alpha value is -2.18. The van der Waals surface area contributed by atoms with Crippen LogP contribution in [-0.2, 0) is 20.3 Å². The van der Waals surface area contributed by atoms with E-state index in [0.717, 1.165) is 23.7 Å². The Morgan fingerprint density at radius 3 is 2.64 bits per heavy atom. The van der Waals surface area contributed by atoms with Crippen LogP contribution in [0.15, 0.2) is 55.1 Å². The Bertz CT molecular complexity index is 799. The number of nitrogens with one attached hydrogen (secondary N) is 1. The number of aromatic nitrogens is 4. The molecule has 0 radical (unpaired) electrons. The third kappa shape index (κ3) is 3.18. The SMILES string of the molecule is Cn1ccn(C[NH+](C)Cc2cnn(-c3ccccc3)c2)c1=S. The zero-order chi connectivity index (χ0) is 15.5. The van der Waals surface area contributed by atoms with Gasteiger partial charge in [0.25, 0.3) is 0 Å². The van der Waals surface area contributed by atoms with Crippen molar-refractivity contribution >= 4 is 12.2 Å². The second-order valence-corrected chi connectivity index (χ2v) is 5.95. The lowest BCUT2D eigenvalue weighted by atomic mass is 10.3. The fourth-order valence-electron chi connectivity index (χ4n) is 2.50. The summed E-state index contributed by atoms with van der Waals surface area (Å²) in [5, 5.41) is 4.44. The van der Waals surface area contributed by atoms with Gasteiger partial charge >= 0.3 is 0 Å². The minimum atomic E-state index is 0.843. The van der Waals surface area contributed by atoms with Gasteiger partial charge < -0.3 is 9.47 Å². The van der Waals surface area contributed by atoms with Gasteiger partial charge in [0, 0.05) is 31.2 Å². The quantitative estimate of drug-likeness (QED) is 0.722. The summed E-state index contributed by atoms with van der Waals surface area (Å²) in [6.07, 6.45) is 8.03. The van der Waals surface area contributed by atoms with E-state index in [4.69, 9.17) is 12.2 Å². The first kappa shape index (κ1) is 14.7. The summed E-state index contributed by atoms with van der Waals surface area (Å²) >= 11 is 5.37. The van der Waals surface area contributed by atoms with E-state index in [0.29, 0.717) is 0 Å². The van der Waals surface area contributed by atoms with Gasteiger partial charge in [0.05, 0.1) is 18.9 Å². The molecule has 1 unspecified atom stereocenters. The number of para-hydroxylation sites is 1. The molecule has 3 aromatic rings. The molecule has 6 heteroatoms. The monoisotopic (exact) mass is 314 g/mol. The molecule has 2 aromatic heterocycles. The maximum atomic E-state index is 5.37. The number of hydrogen-bond donors (Lipinski definition) is 1. The number of rotatable bonds is 5. The largest absolute Gasteiger partial charge is 0.327 e. The number of imidazole rings is 1. The molecule has 1 aromatic carbocycles. The van der Waals surface area contributed by atoms with E-state index in [1.54, 1.807) is 0 Å². The number of nitrogens with zero attached hydrogens (tertiary/aromatic N) is 4. The van der Waals surface area contributed by atoms with Crippen LogP contribution in [0.4, 0.5) is 0 Å². The molecule has 0 saturated heterocycles. The second-order valence-electron chi connectivity index (χ2n) is 5.58. The topological polar surface area (TPSA) is 32.1 Å². The van der Waals surface area contributed by atoms with Crippen LogP contribution in [0, 0.1) is 4.77 Å². The molecule has 0 aliphatic heterocycles. The van der Waals surface area contributed by atoms with E-state index >= 15 is 0 Å². The molecule has 0 aliphatic rings. The first-order chi connectivity index (χ1) is 10.6. The van der Waals surface area contributed by atoms with Crippen LogP contribution >= 0.6 is 12.2 Å². The Balaban J connectivity index is 1.67. The van der Waals surface area contributed by atoms with Crippen molar-refractivity contribution in [3.8, 4) is 5.69 Å². The van der Waals surface area contributed by atoms with E-state index in [9.17, 15) is 0 Å². The zero-order valence-electron chi connectivity index (χ0n) is 12.8. The third-order valence-electron chi connectivity index (χ3n) is 3.62. The minimum absolute atomic E-state index is 0.843. The summed E-state index contributed by atoms with van der Waals surface area (Å²) in [6.45, 7) is 1.75. The highest BCUT2D eigenvalue weighted by Crippen LogP contribution is 2.06. The Kier molecular flexibility index (Phi) is 4.22. The Morgan fingerprint density at radius 2 is 1.95 bits per heavy atom. The standard InChI is InChI=1S/C16H19N5S/c1-18(13-20-9-8-19(2)16(20)22)11-14-10-17-21(12-14)15-6-4-3-5-7-15/h3-10,12H,11,13H2,1-2H3/p+1. The summed E-state index contributed by atoms with van der Waals surface area (Å²) in [7, 11) is 4.13. The van der Waals surface area contributed by atoms with E-state index in [2.05, 4.69) is 35.0 Å². The molecular weight excluding hydrogens is 294 g/mol. The smallest absolute Gasteiger partial charge is 0.183 e. The first-order valence-electron chi connectivity index (χ1n) is 7.25. The first-order valence-corrected chi connectivity index (χ1v) is 7.66. The van der Waals surface area contributed by atoms with E-state index in [1.165, 1.54) is 10.5 Å². The van der Waals surface area contributed by atoms with Gasteiger partial charge in [-0.05, 0) is 24.4 Å². The summed E-state index contributed by atoms with van der Waals surface area (Å²) in [5.74, 6) is 0. The molecule has 1 atom stereocenters. The van der Waals surface area contributed by atoms with Crippen molar-refractivity contribution < 1.29 is 4.90 Å². The lowest BCUT2D eigenvalue weighted by Crippen LogP contribution is -3.06. The van der Waals surface area contributed by atoms with Crippen LogP contribution in [0.2, 0.25) is 0 Å². The van der Waals surface area contributed by atoms with Gasteiger partial charge in [0.15, 0.2) is 11.4 Å². The predicted octanol–water partition coefficient (Wildman–Crippen LogP) is 1.41. The molecule has 0 amide bonds. The van der Waals surface area contributed by atoms with Gasteiger partial charge in [0.1, 0.15) is 6.54 Å². The molecular formula is C16H20N5S+. The van der Waals surface area contributed by atoms with Crippen molar-refractivity contribution in [2.45, 2.75) is 13.2 Å². The van der Waals surface area contributed by atoms with Gasteiger partial charge in [-0.1, -0.05) is 18.2 Å². The number of hydrogen-bond acceptors (Lipinski definition) is 2. The molecule has 0 saturated carbocycles. The number of aryl methyl sites for hydroxylation is 1. The molecule has 1 N–H and O–H groups in total. The molecule has 0 fully saturated rings. The van der Waals surface area contributed by atoms with Crippen LogP contribution in [-0.4, -0.2) is 26.0 Å². The van der Waals surface area contributed by atoms with Crippen LogP contribution < -0.4 is 4.90 Å². The zero-order valence-corrected chi connectivity index (χ0v) is 13.6. The van der Waals surface area contributed by atoms with Crippen molar-refractivity contribution in [2.24, 2.45) is 7.05 Å². The van der Waals surface area contributed by atoms with E-state index < -0.39 is 0 Å². The average Bonchev–Trinajstić information content (AvgIpc) is 3.10. The minimum Gasteiger partial charge on any atom is -0.327 e. The fourth-order valence-corrected chi connectivity index (χ4v) is 2.69. The molecule has 22 heavy (non-hydrogen) atoms. The summed E-state index contributed by atoms with van der Waals surface area (Å²) in [5.41, 5.74) is 2.29. The summed E-state index contributed by atoms with van der Waals surface area (Å²) in [6, 6.07) is 10.2. The number of quaternary nitrogens is 1. The molecule has 114 valence electrons. The number of benzene rings is 1.